The first-order valence-corrected chi connectivity index (χ1v) is 13.9. The van der Waals surface area contributed by atoms with E-state index in [2.05, 4.69) is 59.9 Å². The number of carbonyl (C=O) groups excluding carboxylic acids is 1. The molecule has 2 unspecified atom stereocenters. The van der Waals surface area contributed by atoms with Crippen molar-refractivity contribution in [3.8, 4) is 0 Å². The molecule has 1 aromatic carbocycles. The molecule has 1 amide bonds. The van der Waals surface area contributed by atoms with Gasteiger partial charge in [0.2, 0.25) is 5.91 Å². The molecule has 8 nitrogen and oxygen atoms in total. The maximum absolute atomic E-state index is 14.3. The van der Waals surface area contributed by atoms with Crippen molar-refractivity contribution < 1.29 is 18.3 Å². The van der Waals surface area contributed by atoms with E-state index >= 15 is 0 Å². The van der Waals surface area contributed by atoms with Gasteiger partial charge in [0.05, 0.1) is 36.8 Å². The van der Waals surface area contributed by atoms with Crippen LogP contribution in [0, 0.1) is 11.6 Å². The number of rotatable bonds is 6. The number of nitrogens with zero attached hydrogens (tertiary/aromatic N) is 5. The zero-order valence-corrected chi connectivity index (χ0v) is 23.6. The lowest BCUT2D eigenvalue weighted by Crippen LogP contribution is -2.63. The molecule has 0 aliphatic carbocycles. The van der Waals surface area contributed by atoms with Gasteiger partial charge in [-0.3, -0.25) is 14.6 Å². The zero-order chi connectivity index (χ0) is 27.9. The van der Waals surface area contributed by atoms with Crippen molar-refractivity contribution in [2.75, 3.05) is 50.8 Å². The highest BCUT2D eigenvalue weighted by molar-refractivity contribution is 5.97. The fraction of sp³-hybridized carbons (Fsp3) is 0.621. The number of aromatic nitrogens is 2. The molecule has 10 heteroatoms. The molecule has 2 saturated heterocycles. The summed E-state index contributed by atoms with van der Waals surface area (Å²) in [5.74, 6) is -1.21. The molecular weight excluding hydrogens is 502 g/mol. The third-order valence-electron chi connectivity index (χ3n) is 8.33. The molecule has 0 bridgehead atoms. The largest absolute Gasteiger partial charge is 0.378 e. The van der Waals surface area contributed by atoms with E-state index in [-0.39, 0.29) is 23.8 Å². The second kappa shape index (κ2) is 11.2. The van der Waals surface area contributed by atoms with Crippen LogP contribution in [0.5, 0.6) is 0 Å². The summed E-state index contributed by atoms with van der Waals surface area (Å²) < 4.78 is 33.4. The van der Waals surface area contributed by atoms with Gasteiger partial charge in [-0.25, -0.2) is 8.78 Å². The molecule has 212 valence electrons. The molecule has 1 N–H and O–H groups in total. The van der Waals surface area contributed by atoms with Gasteiger partial charge in [0.25, 0.3) is 0 Å². The third-order valence-corrected chi connectivity index (χ3v) is 8.33. The average molecular weight is 543 g/mol. The molecule has 0 saturated carbocycles. The van der Waals surface area contributed by atoms with Crippen LogP contribution in [0.4, 0.5) is 14.5 Å². The molecule has 2 aromatic rings. The quantitative estimate of drug-likeness (QED) is 0.602. The number of amides is 1. The first-order valence-electron chi connectivity index (χ1n) is 13.9. The van der Waals surface area contributed by atoms with Crippen LogP contribution in [0.3, 0.4) is 0 Å². The number of ether oxygens (including phenoxy) is 1. The second-order valence-corrected chi connectivity index (χ2v) is 12.2. The van der Waals surface area contributed by atoms with Crippen molar-refractivity contribution in [2.45, 2.75) is 70.6 Å². The van der Waals surface area contributed by atoms with Gasteiger partial charge in [-0.2, -0.15) is 10.2 Å². The fourth-order valence-electron chi connectivity index (χ4n) is 6.14. The summed E-state index contributed by atoms with van der Waals surface area (Å²) >= 11 is 0. The van der Waals surface area contributed by atoms with Crippen LogP contribution in [-0.4, -0.2) is 96.0 Å². The van der Waals surface area contributed by atoms with Crippen molar-refractivity contribution in [2.24, 2.45) is 0 Å². The zero-order valence-electron chi connectivity index (χ0n) is 23.6. The number of nitrogens with one attached hydrogen (secondary N) is 1. The van der Waals surface area contributed by atoms with Gasteiger partial charge in [0.15, 0.2) is 0 Å². The van der Waals surface area contributed by atoms with Crippen LogP contribution < -0.4 is 10.2 Å². The van der Waals surface area contributed by atoms with Crippen LogP contribution in [0.15, 0.2) is 24.3 Å². The first-order chi connectivity index (χ1) is 18.5. The smallest absolute Gasteiger partial charge is 0.241 e. The number of anilines is 1. The van der Waals surface area contributed by atoms with Crippen LogP contribution in [0.25, 0.3) is 0 Å². The number of fused-ring (bicyclic) bond motifs is 1. The van der Waals surface area contributed by atoms with Gasteiger partial charge in [-0.15, -0.1) is 0 Å². The van der Waals surface area contributed by atoms with Crippen molar-refractivity contribution >= 4 is 11.6 Å². The molecule has 0 spiro atoms. The maximum atomic E-state index is 14.3. The van der Waals surface area contributed by atoms with Crippen molar-refractivity contribution in [3.05, 3.63) is 52.9 Å². The molecule has 39 heavy (non-hydrogen) atoms. The minimum absolute atomic E-state index is 0.0240. The van der Waals surface area contributed by atoms with E-state index in [1.54, 1.807) is 0 Å². The molecule has 3 aliphatic heterocycles. The lowest BCUT2D eigenvalue weighted by molar-refractivity contribution is -0.121. The number of hydrogen-bond acceptors (Lipinski definition) is 7. The van der Waals surface area contributed by atoms with Crippen LogP contribution >= 0.6 is 0 Å². The second-order valence-electron chi connectivity index (χ2n) is 12.2. The molecule has 4 heterocycles. The van der Waals surface area contributed by atoms with E-state index in [4.69, 9.17) is 4.74 Å². The minimum atomic E-state index is -0.618. The SMILES string of the molecule is CC1CN(CC(=O)N2CC(C)(C)c3nnc(Cc4ccc(F)cc4F)cc32)[C@@H](CN2C(C)COC[C@H]2C)CN1. The Morgan fingerprint density at radius 2 is 1.87 bits per heavy atom. The predicted molar refractivity (Wildman–Crippen MR) is 146 cm³/mol. The van der Waals surface area contributed by atoms with E-state index in [1.165, 1.54) is 12.1 Å². The Morgan fingerprint density at radius 3 is 2.59 bits per heavy atom. The summed E-state index contributed by atoms with van der Waals surface area (Å²) in [5.41, 5.74) is 2.02. The monoisotopic (exact) mass is 542 g/mol. The summed E-state index contributed by atoms with van der Waals surface area (Å²) in [6.07, 6.45) is 0.169. The number of piperazine rings is 1. The summed E-state index contributed by atoms with van der Waals surface area (Å²) in [7, 11) is 0. The van der Waals surface area contributed by atoms with Gasteiger partial charge in [-0.1, -0.05) is 19.9 Å². The molecule has 5 rings (SSSR count). The molecule has 4 atom stereocenters. The lowest BCUT2D eigenvalue weighted by atomic mass is 9.91. The standard InChI is InChI=1S/C29H40F2N6O2/c1-18-12-35(24(11-32-18)13-36-19(2)15-39-16-20(36)3)14-27(38)37-17-29(4,5)28-26(37)10-23(33-34-28)8-21-6-7-22(30)9-25(21)31/h6-7,9-10,18-20,24,32H,8,11-17H2,1-5H3/t18?,19-,20?,24-/m1/s1. The number of benzene rings is 1. The highest BCUT2D eigenvalue weighted by Gasteiger charge is 2.41. The highest BCUT2D eigenvalue weighted by Crippen LogP contribution is 2.39. The van der Waals surface area contributed by atoms with Crippen molar-refractivity contribution in [1.29, 1.82) is 0 Å². The topological polar surface area (TPSA) is 73.8 Å². The van der Waals surface area contributed by atoms with Gasteiger partial charge in [0.1, 0.15) is 11.6 Å². The molecule has 2 fully saturated rings. The minimum Gasteiger partial charge on any atom is -0.378 e. The molecule has 3 aliphatic rings. The number of carbonyl (C=O) groups is 1. The Kier molecular flexibility index (Phi) is 8.01. The summed E-state index contributed by atoms with van der Waals surface area (Å²) in [5, 5.41) is 12.4. The lowest BCUT2D eigenvalue weighted by Gasteiger charge is -2.46. The normalized spacial score (nSPS) is 27.5. The first kappa shape index (κ1) is 28.0. The molecule has 1 aromatic heterocycles. The van der Waals surface area contributed by atoms with E-state index in [0.29, 0.717) is 42.5 Å². The molecule has 0 radical (unpaired) electrons. The van der Waals surface area contributed by atoms with Gasteiger partial charge < -0.3 is 15.0 Å². The Morgan fingerprint density at radius 1 is 1.13 bits per heavy atom. The van der Waals surface area contributed by atoms with Gasteiger partial charge >= 0.3 is 0 Å². The third kappa shape index (κ3) is 5.99. The van der Waals surface area contributed by atoms with Crippen molar-refractivity contribution in [1.82, 2.24) is 25.3 Å². The highest BCUT2D eigenvalue weighted by atomic mass is 19.1. The van der Waals surface area contributed by atoms with Gasteiger partial charge in [0, 0.05) is 68.2 Å². The Hall–Kier alpha value is -2.53. The Labute approximate surface area is 229 Å². The summed E-state index contributed by atoms with van der Waals surface area (Å²) in [6.45, 7) is 15.4. The predicted octanol–water partition coefficient (Wildman–Crippen LogP) is 2.74. The summed E-state index contributed by atoms with van der Waals surface area (Å²) in [4.78, 5) is 20.5. The van der Waals surface area contributed by atoms with E-state index < -0.39 is 11.6 Å². The van der Waals surface area contributed by atoms with Crippen LogP contribution in [0.2, 0.25) is 0 Å². The van der Waals surface area contributed by atoms with E-state index in [1.807, 2.05) is 11.0 Å². The van der Waals surface area contributed by atoms with Crippen LogP contribution in [0.1, 0.15) is 51.6 Å². The number of hydrogen-bond donors (Lipinski definition) is 1. The maximum Gasteiger partial charge on any atom is 0.241 e. The Bertz CT molecular complexity index is 1200. The number of halogens is 2. The number of morpholine rings is 1. The fourth-order valence-corrected chi connectivity index (χ4v) is 6.14. The average Bonchev–Trinajstić information content (AvgIpc) is 3.14. The van der Waals surface area contributed by atoms with E-state index in [0.717, 1.165) is 50.3 Å². The van der Waals surface area contributed by atoms with Crippen molar-refractivity contribution in [3.63, 3.8) is 0 Å². The summed E-state index contributed by atoms with van der Waals surface area (Å²) in [6, 6.07) is 6.54. The van der Waals surface area contributed by atoms with Crippen LogP contribution in [-0.2, 0) is 21.4 Å². The van der Waals surface area contributed by atoms with E-state index in [9.17, 15) is 13.6 Å². The van der Waals surface area contributed by atoms with Gasteiger partial charge in [-0.05, 0) is 38.5 Å². The molecular formula is C29H40F2N6O2. The Balaban J connectivity index is 1.34.